The van der Waals surface area contributed by atoms with Crippen LogP contribution in [-0.4, -0.2) is 46.3 Å². The summed E-state index contributed by atoms with van der Waals surface area (Å²) in [5.41, 5.74) is 2.67. The third kappa shape index (κ3) is 4.40. The molecule has 0 spiro atoms. The molecule has 0 saturated carbocycles. The van der Waals surface area contributed by atoms with Crippen molar-refractivity contribution in [2.24, 2.45) is 0 Å². The maximum atomic E-state index is 12.9. The molecule has 1 amide bonds. The molecule has 1 N–H and O–H groups in total. The molecular weight excluding hydrogens is 408 g/mol. The molecule has 1 aliphatic rings. The summed E-state index contributed by atoms with van der Waals surface area (Å²) in [7, 11) is -2.25. The third-order valence-corrected chi connectivity index (χ3v) is 6.12. The van der Waals surface area contributed by atoms with Crippen LogP contribution in [0.1, 0.15) is 27.9 Å². The third-order valence-electron chi connectivity index (χ3n) is 4.94. The number of nitrogens with one attached hydrogen (secondary N) is 1. The zero-order valence-corrected chi connectivity index (χ0v) is 18.1. The van der Waals surface area contributed by atoms with Gasteiger partial charge in [0.1, 0.15) is 5.75 Å². The summed E-state index contributed by atoms with van der Waals surface area (Å²) in [5.74, 6) is -0.604. The molecule has 9 heteroatoms. The van der Waals surface area contributed by atoms with E-state index in [-0.39, 0.29) is 13.0 Å². The monoisotopic (exact) mass is 432 g/mol. The van der Waals surface area contributed by atoms with Gasteiger partial charge in [-0.05, 0) is 49.2 Å². The summed E-state index contributed by atoms with van der Waals surface area (Å²) in [4.78, 5) is 24.8. The summed E-state index contributed by atoms with van der Waals surface area (Å²) >= 11 is 0. The van der Waals surface area contributed by atoms with Crippen molar-refractivity contribution >= 4 is 33.3 Å². The number of anilines is 2. The van der Waals surface area contributed by atoms with Crippen molar-refractivity contribution in [1.29, 1.82) is 0 Å². The van der Waals surface area contributed by atoms with E-state index >= 15 is 0 Å². The maximum Gasteiger partial charge on any atom is 0.338 e. The number of carbonyl (C=O) groups is 2. The maximum absolute atomic E-state index is 12.9. The van der Waals surface area contributed by atoms with Crippen molar-refractivity contribution < 1.29 is 27.5 Å². The molecule has 0 aromatic heterocycles. The highest BCUT2D eigenvalue weighted by Gasteiger charge is 2.31. The van der Waals surface area contributed by atoms with E-state index in [2.05, 4.69) is 5.32 Å². The second-order valence-electron chi connectivity index (χ2n) is 7.16. The highest BCUT2D eigenvalue weighted by Crippen LogP contribution is 2.35. The number of hydrogen-bond acceptors (Lipinski definition) is 6. The van der Waals surface area contributed by atoms with Gasteiger partial charge in [0.25, 0.3) is 5.91 Å². The molecule has 0 bridgehead atoms. The van der Waals surface area contributed by atoms with E-state index in [1.165, 1.54) is 11.4 Å². The van der Waals surface area contributed by atoms with E-state index in [1.807, 2.05) is 6.92 Å². The average Bonchev–Trinajstić information content (AvgIpc) is 2.88. The molecule has 0 saturated heterocycles. The molecule has 1 atom stereocenters. The Labute approximate surface area is 175 Å². The number of esters is 1. The van der Waals surface area contributed by atoms with E-state index in [0.717, 1.165) is 11.8 Å². The van der Waals surface area contributed by atoms with E-state index in [0.29, 0.717) is 28.3 Å². The van der Waals surface area contributed by atoms with Crippen molar-refractivity contribution in [3.8, 4) is 5.75 Å². The van der Waals surface area contributed by atoms with Crippen molar-refractivity contribution in [3.63, 3.8) is 0 Å². The van der Waals surface area contributed by atoms with Gasteiger partial charge in [0.05, 0.1) is 24.6 Å². The molecule has 2 aromatic carbocycles. The fraction of sp³-hybridized carbons (Fsp3) is 0.333. The normalized spacial score (nSPS) is 16.1. The Morgan fingerprint density at radius 3 is 2.60 bits per heavy atom. The molecule has 1 aliphatic heterocycles. The van der Waals surface area contributed by atoms with Gasteiger partial charge in [0.2, 0.25) is 10.0 Å². The zero-order chi connectivity index (χ0) is 22.1. The van der Waals surface area contributed by atoms with Gasteiger partial charge >= 0.3 is 5.97 Å². The van der Waals surface area contributed by atoms with Crippen LogP contribution >= 0.6 is 0 Å². The first kappa shape index (κ1) is 21.6. The lowest BCUT2D eigenvalue weighted by molar-refractivity contribution is -0.122. The summed E-state index contributed by atoms with van der Waals surface area (Å²) in [6.45, 7) is 3.67. The SMILES string of the molecule is COC(=O)c1cccc(NC(=O)[C@@H]2CCN(S(C)(=O)=O)c3cc(C)ccc3O2)c1C. The lowest BCUT2D eigenvalue weighted by Crippen LogP contribution is -2.36. The van der Waals surface area contributed by atoms with Gasteiger partial charge in [-0.25, -0.2) is 13.2 Å². The largest absolute Gasteiger partial charge is 0.478 e. The second kappa shape index (κ2) is 8.35. The van der Waals surface area contributed by atoms with Crippen molar-refractivity contribution in [3.05, 3.63) is 53.1 Å². The number of nitrogens with zero attached hydrogens (tertiary/aromatic N) is 1. The molecule has 3 rings (SSSR count). The number of benzene rings is 2. The number of fused-ring (bicyclic) bond motifs is 1. The van der Waals surface area contributed by atoms with E-state index in [4.69, 9.17) is 9.47 Å². The molecular formula is C21H24N2O6S. The number of methoxy groups -OCH3 is 1. The number of ether oxygens (including phenoxy) is 2. The van der Waals surface area contributed by atoms with Crippen LogP contribution in [0.15, 0.2) is 36.4 Å². The van der Waals surface area contributed by atoms with Gasteiger partial charge in [-0.2, -0.15) is 0 Å². The standard InChI is InChI=1S/C21H24N2O6S/c1-13-8-9-18-17(12-13)23(30(4,26)27)11-10-19(29-18)20(24)22-16-7-5-6-15(14(16)2)21(25)28-3/h5-9,12,19H,10-11H2,1-4H3,(H,22,24)/t19-/m0/s1. The number of sulfonamides is 1. The minimum atomic E-state index is -3.54. The van der Waals surface area contributed by atoms with Gasteiger partial charge in [0, 0.05) is 18.7 Å². The smallest absolute Gasteiger partial charge is 0.338 e. The Balaban J connectivity index is 1.88. The zero-order valence-electron chi connectivity index (χ0n) is 17.3. The minimum Gasteiger partial charge on any atom is -0.478 e. The first-order chi connectivity index (χ1) is 14.1. The molecule has 160 valence electrons. The summed E-state index contributed by atoms with van der Waals surface area (Å²) < 4.78 is 36.5. The Hall–Kier alpha value is -3.07. The lowest BCUT2D eigenvalue weighted by Gasteiger charge is -2.21. The Morgan fingerprint density at radius 1 is 1.20 bits per heavy atom. The Bertz CT molecular complexity index is 1100. The van der Waals surface area contributed by atoms with Gasteiger partial charge in [-0.3, -0.25) is 9.10 Å². The second-order valence-corrected chi connectivity index (χ2v) is 9.07. The van der Waals surface area contributed by atoms with Crippen LogP contribution in [0, 0.1) is 13.8 Å². The molecule has 0 radical (unpaired) electrons. The highest BCUT2D eigenvalue weighted by atomic mass is 32.2. The van der Waals surface area contributed by atoms with Gasteiger partial charge in [0.15, 0.2) is 6.10 Å². The Kier molecular flexibility index (Phi) is 6.02. The molecule has 0 aliphatic carbocycles. The molecule has 0 unspecified atom stereocenters. The first-order valence-corrected chi connectivity index (χ1v) is 11.2. The van der Waals surface area contributed by atoms with Gasteiger partial charge < -0.3 is 14.8 Å². The number of hydrogen-bond donors (Lipinski definition) is 1. The predicted molar refractivity (Wildman–Crippen MR) is 114 cm³/mol. The van der Waals surface area contributed by atoms with Gasteiger partial charge in [-0.1, -0.05) is 12.1 Å². The van der Waals surface area contributed by atoms with Gasteiger partial charge in [-0.15, -0.1) is 0 Å². The van der Waals surface area contributed by atoms with E-state index < -0.39 is 28.0 Å². The Morgan fingerprint density at radius 2 is 1.93 bits per heavy atom. The molecule has 2 aromatic rings. The number of amides is 1. The van der Waals surface area contributed by atoms with Crippen LogP contribution in [0.5, 0.6) is 5.75 Å². The highest BCUT2D eigenvalue weighted by molar-refractivity contribution is 7.92. The lowest BCUT2D eigenvalue weighted by atomic mass is 10.1. The van der Waals surface area contributed by atoms with Crippen LogP contribution < -0.4 is 14.4 Å². The first-order valence-electron chi connectivity index (χ1n) is 9.35. The quantitative estimate of drug-likeness (QED) is 0.746. The van der Waals surface area contributed by atoms with E-state index in [1.54, 1.807) is 43.3 Å². The van der Waals surface area contributed by atoms with Crippen LogP contribution in [0.2, 0.25) is 0 Å². The van der Waals surface area contributed by atoms with E-state index in [9.17, 15) is 18.0 Å². The van der Waals surface area contributed by atoms with Crippen molar-refractivity contribution in [2.75, 3.05) is 29.5 Å². The summed E-state index contributed by atoms with van der Waals surface area (Å²) in [6, 6.07) is 10.1. The molecule has 30 heavy (non-hydrogen) atoms. The van der Waals surface area contributed by atoms with Crippen molar-refractivity contribution in [2.45, 2.75) is 26.4 Å². The molecule has 8 nitrogen and oxygen atoms in total. The van der Waals surface area contributed by atoms with Crippen LogP contribution in [0.25, 0.3) is 0 Å². The number of aryl methyl sites for hydroxylation is 1. The predicted octanol–water partition coefficient (Wildman–Crippen LogP) is 2.65. The van der Waals surface area contributed by atoms with Crippen molar-refractivity contribution in [1.82, 2.24) is 0 Å². The van der Waals surface area contributed by atoms with Crippen LogP contribution in [-0.2, 0) is 19.6 Å². The average molecular weight is 432 g/mol. The fourth-order valence-electron chi connectivity index (χ4n) is 3.33. The number of carbonyl (C=O) groups excluding carboxylic acids is 2. The topological polar surface area (TPSA) is 102 Å². The number of rotatable bonds is 4. The minimum absolute atomic E-state index is 0.106. The fourth-order valence-corrected chi connectivity index (χ4v) is 4.27. The van der Waals surface area contributed by atoms with Crippen LogP contribution in [0.3, 0.4) is 0 Å². The van der Waals surface area contributed by atoms with Crippen LogP contribution in [0.4, 0.5) is 11.4 Å². The molecule has 1 heterocycles. The summed E-state index contributed by atoms with van der Waals surface area (Å²) in [6.07, 6.45) is 0.392. The molecule has 0 fully saturated rings. The summed E-state index contributed by atoms with van der Waals surface area (Å²) in [5, 5.41) is 2.78.